The number of rotatable bonds is 3. The highest BCUT2D eigenvalue weighted by molar-refractivity contribution is 7.98. The van der Waals surface area contributed by atoms with Crippen molar-refractivity contribution >= 4 is 35.2 Å². The summed E-state index contributed by atoms with van der Waals surface area (Å²) >= 11 is 7.52. The fraction of sp³-hybridized carbons (Fsp3) is 0.0526. The van der Waals surface area contributed by atoms with E-state index in [0.29, 0.717) is 32.7 Å². The van der Waals surface area contributed by atoms with Crippen molar-refractivity contribution < 1.29 is 8.78 Å². The SMILES string of the molecule is Fc1cc2c(c(-c3ccccc3Cl)c1)NC(=NCc1ncccc1F)NS2. The summed E-state index contributed by atoms with van der Waals surface area (Å²) < 4.78 is 30.8. The molecule has 2 N–H and O–H groups in total. The Morgan fingerprint density at radius 2 is 1.93 bits per heavy atom. The molecule has 0 saturated heterocycles. The van der Waals surface area contributed by atoms with Gasteiger partial charge < -0.3 is 5.32 Å². The summed E-state index contributed by atoms with van der Waals surface area (Å²) in [5, 5.41) is 3.67. The number of fused-ring (bicyclic) bond motifs is 1. The molecule has 1 aliphatic heterocycles. The number of nitrogens with one attached hydrogen (secondary N) is 2. The molecule has 1 aromatic heterocycles. The van der Waals surface area contributed by atoms with Crippen LogP contribution in [0.25, 0.3) is 11.1 Å². The lowest BCUT2D eigenvalue weighted by molar-refractivity contribution is 0.600. The van der Waals surface area contributed by atoms with E-state index in [9.17, 15) is 8.78 Å². The van der Waals surface area contributed by atoms with Crippen LogP contribution in [0.1, 0.15) is 5.69 Å². The van der Waals surface area contributed by atoms with E-state index < -0.39 is 5.82 Å². The number of aliphatic imine (C=N–C) groups is 1. The van der Waals surface area contributed by atoms with Crippen LogP contribution in [0, 0.1) is 11.6 Å². The van der Waals surface area contributed by atoms with Crippen molar-refractivity contribution in [1.29, 1.82) is 0 Å². The average molecular weight is 403 g/mol. The lowest BCUT2D eigenvalue weighted by Gasteiger charge is -2.23. The van der Waals surface area contributed by atoms with Crippen molar-refractivity contribution in [3.63, 3.8) is 0 Å². The molecule has 2 heterocycles. The highest BCUT2D eigenvalue weighted by atomic mass is 35.5. The highest BCUT2D eigenvalue weighted by Crippen LogP contribution is 2.41. The van der Waals surface area contributed by atoms with Crippen LogP contribution in [0.3, 0.4) is 0 Å². The molecule has 136 valence electrons. The Bertz CT molecular complexity index is 1040. The maximum Gasteiger partial charge on any atom is 0.206 e. The van der Waals surface area contributed by atoms with E-state index in [2.05, 4.69) is 20.0 Å². The van der Waals surface area contributed by atoms with E-state index in [-0.39, 0.29) is 18.1 Å². The number of hydrogen-bond donors (Lipinski definition) is 2. The van der Waals surface area contributed by atoms with Crippen molar-refractivity contribution in [2.45, 2.75) is 11.4 Å². The fourth-order valence-corrected chi connectivity index (χ4v) is 3.69. The third-order valence-corrected chi connectivity index (χ3v) is 5.12. The number of guanidine groups is 1. The van der Waals surface area contributed by atoms with Gasteiger partial charge in [0.2, 0.25) is 5.96 Å². The molecule has 0 aliphatic carbocycles. The standard InChI is InChI=1S/C19H13ClF2N4S/c20-14-5-2-1-4-12(14)13-8-11(21)9-17-18(13)25-19(26-27-17)24-10-16-15(22)6-3-7-23-16/h1-9H,10H2,(H2,24,25,26). The maximum absolute atomic E-state index is 14.1. The molecule has 0 unspecified atom stereocenters. The van der Waals surface area contributed by atoms with Crippen LogP contribution in [-0.4, -0.2) is 10.9 Å². The van der Waals surface area contributed by atoms with Gasteiger partial charge in [0.05, 0.1) is 22.8 Å². The molecule has 1 aliphatic rings. The first-order valence-corrected chi connectivity index (χ1v) is 9.23. The molecule has 0 saturated carbocycles. The predicted octanol–water partition coefficient (Wildman–Crippen LogP) is 5.26. The number of nitrogens with zero attached hydrogens (tertiary/aromatic N) is 2. The van der Waals surface area contributed by atoms with Crippen molar-refractivity contribution in [1.82, 2.24) is 9.71 Å². The van der Waals surface area contributed by atoms with E-state index in [1.54, 1.807) is 6.07 Å². The minimum absolute atomic E-state index is 0.0700. The van der Waals surface area contributed by atoms with Crippen LogP contribution in [-0.2, 0) is 6.54 Å². The van der Waals surface area contributed by atoms with Crippen molar-refractivity contribution in [3.05, 3.63) is 77.1 Å². The van der Waals surface area contributed by atoms with Gasteiger partial charge >= 0.3 is 0 Å². The predicted molar refractivity (Wildman–Crippen MR) is 105 cm³/mol. The first-order valence-electron chi connectivity index (χ1n) is 8.04. The molecule has 0 amide bonds. The Labute approximate surface area is 163 Å². The molecule has 0 bridgehead atoms. The first-order chi connectivity index (χ1) is 13.1. The van der Waals surface area contributed by atoms with Gasteiger partial charge in [-0.3, -0.25) is 9.71 Å². The zero-order chi connectivity index (χ0) is 18.8. The zero-order valence-electron chi connectivity index (χ0n) is 13.8. The second-order valence-electron chi connectivity index (χ2n) is 5.73. The number of aromatic nitrogens is 1. The van der Waals surface area contributed by atoms with E-state index in [1.165, 1.54) is 42.4 Å². The monoisotopic (exact) mass is 402 g/mol. The second kappa shape index (κ2) is 7.54. The number of halogens is 3. The largest absolute Gasteiger partial charge is 0.324 e. The highest BCUT2D eigenvalue weighted by Gasteiger charge is 2.21. The maximum atomic E-state index is 14.1. The van der Waals surface area contributed by atoms with Crippen molar-refractivity contribution in [2.24, 2.45) is 4.99 Å². The third kappa shape index (κ3) is 3.74. The third-order valence-electron chi connectivity index (χ3n) is 3.95. The molecule has 0 radical (unpaired) electrons. The molecular formula is C19H13ClF2N4S. The average Bonchev–Trinajstić information content (AvgIpc) is 2.67. The summed E-state index contributed by atoms with van der Waals surface area (Å²) in [6.45, 7) is 0.0700. The van der Waals surface area contributed by atoms with Gasteiger partial charge in [0.25, 0.3) is 0 Å². The quantitative estimate of drug-likeness (QED) is 0.587. The number of benzene rings is 2. The van der Waals surface area contributed by atoms with Gasteiger partial charge in [-0.1, -0.05) is 29.8 Å². The summed E-state index contributed by atoms with van der Waals surface area (Å²) in [5.41, 5.74) is 2.27. The van der Waals surface area contributed by atoms with Crippen LogP contribution in [0.4, 0.5) is 14.5 Å². The summed E-state index contributed by atoms with van der Waals surface area (Å²) in [4.78, 5) is 8.99. The van der Waals surface area contributed by atoms with Crippen molar-refractivity contribution in [3.8, 4) is 11.1 Å². The Morgan fingerprint density at radius 1 is 1.07 bits per heavy atom. The topological polar surface area (TPSA) is 49.3 Å². The number of hydrogen-bond acceptors (Lipinski definition) is 3. The van der Waals surface area contributed by atoms with Gasteiger partial charge in [-0.05, 0) is 42.3 Å². The molecule has 4 nitrogen and oxygen atoms in total. The van der Waals surface area contributed by atoms with Gasteiger partial charge in [-0.15, -0.1) is 0 Å². The molecule has 3 aromatic rings. The molecular weight excluding hydrogens is 390 g/mol. The van der Waals surface area contributed by atoms with E-state index >= 15 is 0 Å². The molecule has 27 heavy (non-hydrogen) atoms. The smallest absolute Gasteiger partial charge is 0.206 e. The molecule has 2 aromatic carbocycles. The lowest BCUT2D eigenvalue weighted by Crippen LogP contribution is -2.30. The molecule has 0 atom stereocenters. The molecule has 8 heteroatoms. The van der Waals surface area contributed by atoms with Crippen molar-refractivity contribution in [2.75, 3.05) is 5.32 Å². The fourth-order valence-electron chi connectivity index (χ4n) is 2.69. The summed E-state index contributed by atoms with van der Waals surface area (Å²) in [5.74, 6) is -0.349. The zero-order valence-corrected chi connectivity index (χ0v) is 15.4. The van der Waals surface area contributed by atoms with E-state index in [1.807, 2.05) is 18.2 Å². The Morgan fingerprint density at radius 3 is 2.74 bits per heavy atom. The normalized spacial score (nSPS) is 14.4. The van der Waals surface area contributed by atoms with Crippen LogP contribution in [0.5, 0.6) is 0 Å². The van der Waals surface area contributed by atoms with Gasteiger partial charge in [0.15, 0.2) is 0 Å². The molecule has 0 fully saturated rings. The summed E-state index contributed by atoms with van der Waals surface area (Å²) in [6, 6.07) is 12.9. The minimum atomic E-state index is -0.412. The molecule has 4 rings (SSSR count). The Balaban J connectivity index is 1.69. The second-order valence-corrected chi connectivity index (χ2v) is 6.99. The Kier molecular flexibility index (Phi) is 4.96. The summed E-state index contributed by atoms with van der Waals surface area (Å²) in [6.07, 6.45) is 1.52. The van der Waals surface area contributed by atoms with Crippen LogP contribution in [0.15, 0.2) is 64.6 Å². The summed E-state index contributed by atoms with van der Waals surface area (Å²) in [7, 11) is 0. The van der Waals surface area contributed by atoms with Gasteiger partial charge in [0, 0.05) is 22.3 Å². The van der Waals surface area contributed by atoms with E-state index in [0.717, 1.165) is 0 Å². The minimum Gasteiger partial charge on any atom is -0.324 e. The van der Waals surface area contributed by atoms with Gasteiger partial charge in [-0.25, -0.2) is 13.8 Å². The van der Waals surface area contributed by atoms with Crippen LogP contribution in [0.2, 0.25) is 5.02 Å². The Hall–Kier alpha value is -2.64. The first kappa shape index (κ1) is 17.8. The van der Waals surface area contributed by atoms with E-state index in [4.69, 9.17) is 11.6 Å². The van der Waals surface area contributed by atoms with Crippen LogP contribution < -0.4 is 10.0 Å². The molecule has 0 spiro atoms. The lowest BCUT2D eigenvalue weighted by atomic mass is 10.0. The van der Waals surface area contributed by atoms with Gasteiger partial charge in [-0.2, -0.15) is 0 Å². The van der Waals surface area contributed by atoms with Crippen LogP contribution >= 0.6 is 23.5 Å². The van der Waals surface area contributed by atoms with Gasteiger partial charge in [0.1, 0.15) is 11.6 Å². The number of anilines is 1. The number of pyridine rings is 1.